The number of amides is 2. The number of hydrogen-bond acceptors (Lipinski definition) is 4. The number of primary amides is 1. The quantitative estimate of drug-likeness (QED) is 0.599. The molecule has 1 aliphatic carbocycles. The zero-order valence-corrected chi connectivity index (χ0v) is 17.0. The number of benzene rings is 2. The van der Waals surface area contributed by atoms with E-state index in [1.54, 1.807) is 30.3 Å². The fraction of sp³-hybridized carbons (Fsp3) is 0.143. The number of urea groups is 1. The molecule has 2 aromatic carbocycles. The van der Waals surface area contributed by atoms with Crippen molar-refractivity contribution in [1.82, 2.24) is 20.6 Å². The van der Waals surface area contributed by atoms with Crippen LogP contribution in [0.4, 0.5) is 23.7 Å². The first-order valence-corrected chi connectivity index (χ1v) is 9.74. The molecule has 0 saturated heterocycles. The van der Waals surface area contributed by atoms with Crippen LogP contribution < -0.4 is 10.6 Å². The van der Waals surface area contributed by atoms with Crippen molar-refractivity contribution in [3.05, 3.63) is 89.2 Å². The topological polar surface area (TPSA) is 101 Å². The molecule has 1 aliphatic rings. The number of tetrazole rings is 1. The van der Waals surface area contributed by atoms with Gasteiger partial charge in [-0.25, -0.2) is 9.89 Å². The summed E-state index contributed by atoms with van der Waals surface area (Å²) < 4.78 is 44.7. The Morgan fingerprint density at radius 1 is 1.12 bits per heavy atom. The molecule has 0 spiro atoms. The van der Waals surface area contributed by atoms with Crippen LogP contribution in [0, 0.1) is 0 Å². The Hall–Kier alpha value is -3.66. The monoisotopic (exact) mass is 460 g/mol. The summed E-state index contributed by atoms with van der Waals surface area (Å²) >= 11 is 5.89. The van der Waals surface area contributed by atoms with E-state index >= 15 is 0 Å². The van der Waals surface area contributed by atoms with E-state index in [4.69, 9.17) is 17.3 Å². The molecular weight excluding hydrogens is 445 g/mol. The Kier molecular flexibility index (Phi) is 5.47. The van der Waals surface area contributed by atoms with Gasteiger partial charge in [-0.3, -0.25) is 4.90 Å². The highest BCUT2D eigenvalue weighted by Crippen LogP contribution is 2.51. The molecule has 0 saturated carbocycles. The van der Waals surface area contributed by atoms with Crippen LogP contribution in [0.15, 0.2) is 72.8 Å². The van der Waals surface area contributed by atoms with Crippen LogP contribution in [0.25, 0.3) is 5.57 Å². The number of nitrogens with two attached hydrogens (primary N) is 1. The Labute approximate surface area is 185 Å². The third kappa shape index (κ3) is 3.62. The van der Waals surface area contributed by atoms with E-state index in [9.17, 15) is 18.0 Å². The average molecular weight is 461 g/mol. The maximum Gasteiger partial charge on any atom is 0.416 e. The Morgan fingerprint density at radius 2 is 1.81 bits per heavy atom. The van der Waals surface area contributed by atoms with Crippen LogP contribution in [0.2, 0.25) is 5.02 Å². The van der Waals surface area contributed by atoms with E-state index in [2.05, 4.69) is 20.6 Å². The Morgan fingerprint density at radius 3 is 2.38 bits per heavy atom. The second-order valence-corrected chi connectivity index (χ2v) is 7.50. The van der Waals surface area contributed by atoms with Gasteiger partial charge in [-0.1, -0.05) is 54.1 Å². The number of allylic oxidation sites excluding steroid dienone is 2. The third-order valence-corrected chi connectivity index (χ3v) is 5.48. The number of carbonyl (C=O) groups is 1. The van der Waals surface area contributed by atoms with Crippen LogP contribution in [0.3, 0.4) is 0 Å². The number of rotatable bonds is 4. The number of aromatic amines is 1. The first-order valence-electron chi connectivity index (χ1n) is 9.36. The van der Waals surface area contributed by atoms with Gasteiger partial charge in [0.25, 0.3) is 0 Å². The number of aromatic nitrogens is 4. The molecule has 3 aromatic rings. The molecule has 0 fully saturated rings. The number of carbonyl (C=O) groups excluding carboxylic acids is 1. The molecule has 2 amide bonds. The summed E-state index contributed by atoms with van der Waals surface area (Å²) in [6, 6.07) is 12.9. The van der Waals surface area contributed by atoms with Gasteiger partial charge in [-0.05, 0) is 51.9 Å². The van der Waals surface area contributed by atoms with Crippen LogP contribution in [-0.2, 0) is 0 Å². The number of H-pyrrole nitrogens is 1. The van der Waals surface area contributed by atoms with Gasteiger partial charge in [0.2, 0.25) is 0 Å². The van der Waals surface area contributed by atoms with Gasteiger partial charge >= 0.3 is 12.2 Å². The Bertz CT molecular complexity index is 1160. The van der Waals surface area contributed by atoms with E-state index in [0.717, 1.165) is 6.08 Å². The first kappa shape index (κ1) is 21.6. The van der Waals surface area contributed by atoms with E-state index < -0.39 is 23.7 Å². The van der Waals surface area contributed by atoms with Crippen LogP contribution >= 0.6 is 11.6 Å². The molecule has 0 aliphatic heterocycles. The summed E-state index contributed by atoms with van der Waals surface area (Å²) in [5.74, 6) is -1.71. The molecular formula is C21H16ClF3N6O. The molecule has 7 nitrogen and oxygen atoms in total. The molecule has 2 unspecified atom stereocenters. The minimum Gasteiger partial charge on any atom is -0.351 e. The molecule has 2 atom stereocenters. The van der Waals surface area contributed by atoms with Gasteiger partial charge in [0, 0.05) is 10.7 Å². The van der Waals surface area contributed by atoms with E-state index in [1.807, 2.05) is 0 Å². The van der Waals surface area contributed by atoms with Gasteiger partial charge in [0.15, 0.2) is 11.4 Å². The molecule has 4 rings (SSSR count). The van der Waals surface area contributed by atoms with E-state index in [1.165, 1.54) is 36.4 Å². The summed E-state index contributed by atoms with van der Waals surface area (Å²) in [5.41, 5.74) is 3.72. The molecule has 32 heavy (non-hydrogen) atoms. The highest BCUT2D eigenvalue weighted by Gasteiger charge is 2.64. The van der Waals surface area contributed by atoms with Crippen molar-refractivity contribution in [2.24, 2.45) is 5.73 Å². The van der Waals surface area contributed by atoms with Crippen molar-refractivity contribution in [2.45, 2.75) is 17.6 Å². The van der Waals surface area contributed by atoms with E-state index in [0.29, 0.717) is 21.1 Å². The highest BCUT2D eigenvalue weighted by molar-refractivity contribution is 6.30. The normalized spacial score (nSPS) is 20.6. The van der Waals surface area contributed by atoms with Gasteiger partial charge in [-0.15, -0.1) is 5.10 Å². The molecule has 1 aromatic heterocycles. The summed E-state index contributed by atoms with van der Waals surface area (Å²) in [5, 5.41) is 13.3. The second kappa shape index (κ2) is 8.12. The zero-order valence-electron chi connectivity index (χ0n) is 16.3. The summed E-state index contributed by atoms with van der Waals surface area (Å²) in [7, 11) is 0. The average Bonchev–Trinajstić information content (AvgIpc) is 3.30. The van der Waals surface area contributed by atoms with Crippen LogP contribution in [0.5, 0.6) is 0 Å². The predicted octanol–water partition coefficient (Wildman–Crippen LogP) is 4.48. The Balaban J connectivity index is 1.97. The van der Waals surface area contributed by atoms with Crippen molar-refractivity contribution in [3.8, 4) is 0 Å². The van der Waals surface area contributed by atoms with E-state index in [-0.39, 0.29) is 11.5 Å². The smallest absolute Gasteiger partial charge is 0.351 e. The largest absolute Gasteiger partial charge is 0.416 e. The number of alkyl halides is 3. The molecule has 0 radical (unpaired) electrons. The number of halogens is 4. The fourth-order valence-corrected chi connectivity index (χ4v) is 3.94. The van der Waals surface area contributed by atoms with Crippen molar-refractivity contribution >= 4 is 28.9 Å². The van der Waals surface area contributed by atoms with Crippen molar-refractivity contribution in [2.75, 3.05) is 4.90 Å². The number of hydrogen-bond donors (Lipinski definition) is 2. The van der Waals surface area contributed by atoms with Crippen molar-refractivity contribution in [1.29, 1.82) is 0 Å². The summed E-state index contributed by atoms with van der Waals surface area (Å²) in [4.78, 5) is 13.0. The summed E-state index contributed by atoms with van der Waals surface area (Å²) in [6.07, 6.45) is -1.36. The SMILES string of the molecule is NC(=O)N(c1ccc(Cl)cc1)C1(C(F)(F)F)C=CC(c2ccccc2)=CC1c1nnn[nH]1. The molecule has 1 heterocycles. The molecule has 11 heteroatoms. The third-order valence-electron chi connectivity index (χ3n) is 5.23. The number of nitrogens with one attached hydrogen (secondary N) is 1. The highest BCUT2D eigenvalue weighted by atomic mass is 35.5. The lowest BCUT2D eigenvalue weighted by Crippen LogP contribution is -2.65. The second-order valence-electron chi connectivity index (χ2n) is 7.06. The van der Waals surface area contributed by atoms with Crippen molar-refractivity contribution in [3.63, 3.8) is 0 Å². The van der Waals surface area contributed by atoms with Gasteiger partial charge in [0.1, 0.15) is 0 Å². The maximum absolute atomic E-state index is 14.9. The van der Waals surface area contributed by atoms with Gasteiger partial charge in [0.05, 0.1) is 5.92 Å². The fourth-order valence-electron chi connectivity index (χ4n) is 3.82. The number of nitrogens with zero attached hydrogens (tertiary/aromatic N) is 4. The first-order chi connectivity index (χ1) is 15.2. The standard InChI is InChI=1S/C21H16ClF3N6O/c22-15-6-8-16(9-7-15)31(19(26)32)20(21(23,24)25)11-10-14(13-4-2-1-3-5-13)12-17(20)18-27-29-30-28-18/h1-12,17H,(H2,26,32)(H,27,28,29,30). The lowest BCUT2D eigenvalue weighted by atomic mass is 9.74. The maximum atomic E-state index is 14.9. The lowest BCUT2D eigenvalue weighted by molar-refractivity contribution is -0.174. The minimum absolute atomic E-state index is 0.0853. The zero-order chi connectivity index (χ0) is 22.9. The summed E-state index contributed by atoms with van der Waals surface area (Å²) in [6.45, 7) is 0. The minimum atomic E-state index is -4.96. The van der Waals surface area contributed by atoms with Crippen LogP contribution in [0.1, 0.15) is 17.3 Å². The van der Waals surface area contributed by atoms with Gasteiger partial charge in [-0.2, -0.15) is 13.2 Å². The van der Waals surface area contributed by atoms with Crippen LogP contribution in [-0.4, -0.2) is 38.4 Å². The molecule has 164 valence electrons. The van der Waals surface area contributed by atoms with Gasteiger partial charge < -0.3 is 5.73 Å². The van der Waals surface area contributed by atoms with Crippen molar-refractivity contribution < 1.29 is 18.0 Å². The number of anilines is 1. The lowest BCUT2D eigenvalue weighted by Gasteiger charge is -2.46. The molecule has 0 bridgehead atoms. The molecule has 3 N–H and O–H groups in total. The predicted molar refractivity (Wildman–Crippen MR) is 113 cm³/mol.